The number of anilines is 2. The van der Waals surface area contributed by atoms with E-state index in [4.69, 9.17) is 14.2 Å². The SMILES string of the molecule is COc1ccc(C)cc1S(=O)(=O)N(CC(=O)Nc1ccc2c(c1)OCCO2)c1cccc(C(F)(F)F)c1. The number of aryl methyl sites for hydroxylation is 1. The van der Waals surface area contributed by atoms with E-state index < -0.39 is 34.2 Å². The zero-order chi connectivity index (χ0) is 26.8. The summed E-state index contributed by atoms with van der Waals surface area (Å²) in [7, 11) is -3.28. The van der Waals surface area contributed by atoms with Gasteiger partial charge in [0.15, 0.2) is 11.5 Å². The van der Waals surface area contributed by atoms with Crippen LogP contribution in [0.15, 0.2) is 65.6 Å². The second-order valence-electron chi connectivity index (χ2n) is 8.12. The Morgan fingerprint density at radius 3 is 2.46 bits per heavy atom. The Balaban J connectivity index is 1.72. The highest BCUT2D eigenvalue weighted by Gasteiger charge is 2.34. The first-order valence-electron chi connectivity index (χ1n) is 11.0. The summed E-state index contributed by atoms with van der Waals surface area (Å²) in [6, 6.07) is 12.8. The Morgan fingerprint density at radius 2 is 1.76 bits per heavy atom. The third-order valence-electron chi connectivity index (χ3n) is 5.46. The molecule has 3 aromatic rings. The smallest absolute Gasteiger partial charge is 0.416 e. The highest BCUT2D eigenvalue weighted by atomic mass is 32.2. The van der Waals surface area contributed by atoms with E-state index in [1.807, 2.05) is 0 Å². The van der Waals surface area contributed by atoms with Crippen molar-refractivity contribution in [3.8, 4) is 17.2 Å². The molecule has 0 aliphatic carbocycles. The van der Waals surface area contributed by atoms with Crippen LogP contribution in [0, 0.1) is 6.92 Å². The van der Waals surface area contributed by atoms with Gasteiger partial charge in [0.25, 0.3) is 10.0 Å². The van der Waals surface area contributed by atoms with Crippen molar-refractivity contribution in [1.29, 1.82) is 0 Å². The van der Waals surface area contributed by atoms with E-state index in [2.05, 4.69) is 5.32 Å². The highest BCUT2D eigenvalue weighted by Crippen LogP contribution is 2.36. The molecule has 0 saturated heterocycles. The van der Waals surface area contributed by atoms with E-state index in [1.54, 1.807) is 19.1 Å². The highest BCUT2D eigenvalue weighted by molar-refractivity contribution is 7.93. The Bertz CT molecular complexity index is 1430. The number of nitrogens with zero attached hydrogens (tertiary/aromatic N) is 1. The maximum Gasteiger partial charge on any atom is 0.416 e. The number of nitrogens with one attached hydrogen (secondary N) is 1. The number of sulfonamides is 1. The maximum absolute atomic E-state index is 13.8. The lowest BCUT2D eigenvalue weighted by Gasteiger charge is -2.26. The topological polar surface area (TPSA) is 94.2 Å². The average Bonchev–Trinajstić information content (AvgIpc) is 2.86. The monoisotopic (exact) mass is 536 g/mol. The van der Waals surface area contributed by atoms with Crippen molar-refractivity contribution in [2.45, 2.75) is 18.0 Å². The summed E-state index contributed by atoms with van der Waals surface area (Å²) in [5.41, 5.74) is -0.530. The van der Waals surface area contributed by atoms with Crippen LogP contribution in [-0.2, 0) is 21.0 Å². The van der Waals surface area contributed by atoms with Crippen molar-refractivity contribution in [3.63, 3.8) is 0 Å². The van der Waals surface area contributed by atoms with Crippen LogP contribution in [0.4, 0.5) is 24.5 Å². The molecule has 0 saturated carbocycles. The van der Waals surface area contributed by atoms with Gasteiger partial charge in [-0.25, -0.2) is 8.42 Å². The molecule has 0 spiro atoms. The quantitative estimate of drug-likeness (QED) is 0.474. The predicted octanol–water partition coefficient (Wildman–Crippen LogP) is 4.63. The number of ether oxygens (including phenoxy) is 3. The lowest BCUT2D eigenvalue weighted by Crippen LogP contribution is -2.38. The number of hydrogen-bond acceptors (Lipinski definition) is 6. The molecule has 1 heterocycles. The van der Waals surface area contributed by atoms with Gasteiger partial charge in [-0.05, 0) is 55.0 Å². The van der Waals surface area contributed by atoms with Gasteiger partial charge in [0.1, 0.15) is 30.4 Å². The van der Waals surface area contributed by atoms with Crippen molar-refractivity contribution in [2.24, 2.45) is 0 Å². The van der Waals surface area contributed by atoms with E-state index in [9.17, 15) is 26.4 Å². The standard InChI is InChI=1S/C25H23F3N2O6S/c1-16-6-8-21(34-2)23(12-16)37(32,33)30(19-5-3-4-17(13-19)25(26,27)28)15-24(31)29-18-7-9-20-22(14-18)36-11-10-35-20/h3-9,12-14H,10-11,15H2,1-2H3,(H,29,31). The maximum atomic E-state index is 13.8. The molecular weight excluding hydrogens is 513 g/mol. The molecule has 1 N–H and O–H groups in total. The van der Waals surface area contributed by atoms with Gasteiger partial charge in [-0.1, -0.05) is 12.1 Å². The van der Waals surface area contributed by atoms with Crippen LogP contribution in [-0.4, -0.2) is 41.2 Å². The van der Waals surface area contributed by atoms with Gasteiger partial charge in [-0.2, -0.15) is 13.2 Å². The fraction of sp³-hybridized carbons (Fsp3) is 0.240. The number of carbonyl (C=O) groups is 1. The van der Waals surface area contributed by atoms with E-state index in [0.29, 0.717) is 46.3 Å². The molecule has 196 valence electrons. The number of hydrogen-bond donors (Lipinski definition) is 1. The number of amides is 1. The molecule has 0 atom stereocenters. The minimum atomic E-state index is -4.72. The minimum Gasteiger partial charge on any atom is -0.495 e. The fourth-order valence-corrected chi connectivity index (χ4v) is 5.36. The Kier molecular flexibility index (Phi) is 7.21. The van der Waals surface area contributed by atoms with E-state index in [-0.39, 0.29) is 16.3 Å². The van der Waals surface area contributed by atoms with Crippen LogP contribution in [0.25, 0.3) is 0 Å². The lowest BCUT2D eigenvalue weighted by molar-refractivity contribution is -0.137. The minimum absolute atomic E-state index is 0.0187. The lowest BCUT2D eigenvalue weighted by atomic mass is 10.2. The van der Waals surface area contributed by atoms with Gasteiger partial charge in [0, 0.05) is 11.8 Å². The summed E-state index contributed by atoms with van der Waals surface area (Å²) in [5, 5.41) is 2.57. The van der Waals surface area contributed by atoms with E-state index in [1.165, 1.54) is 37.4 Å². The molecule has 0 radical (unpaired) electrons. The molecule has 3 aromatic carbocycles. The number of halogens is 3. The molecule has 8 nitrogen and oxygen atoms in total. The number of carbonyl (C=O) groups excluding carboxylic acids is 1. The summed E-state index contributed by atoms with van der Waals surface area (Å²) in [6.45, 7) is 1.55. The Hall–Kier alpha value is -3.93. The van der Waals surface area contributed by atoms with Crippen LogP contribution < -0.4 is 23.8 Å². The number of rotatable bonds is 7. The zero-order valence-corrected chi connectivity index (χ0v) is 20.7. The molecule has 0 fully saturated rings. The second-order valence-corrected chi connectivity index (χ2v) is 9.95. The summed E-state index contributed by atoms with van der Waals surface area (Å²) in [6.07, 6.45) is -4.72. The molecule has 0 aromatic heterocycles. The first kappa shape index (κ1) is 26.1. The second kappa shape index (κ2) is 10.2. The fourth-order valence-electron chi connectivity index (χ4n) is 3.71. The van der Waals surface area contributed by atoms with Crippen LogP contribution in [0.2, 0.25) is 0 Å². The van der Waals surface area contributed by atoms with Crippen LogP contribution in [0.3, 0.4) is 0 Å². The molecule has 1 amide bonds. The molecular formula is C25H23F3N2O6S. The van der Waals surface area contributed by atoms with E-state index in [0.717, 1.165) is 12.1 Å². The van der Waals surface area contributed by atoms with Crippen LogP contribution in [0.5, 0.6) is 17.2 Å². The van der Waals surface area contributed by atoms with Gasteiger partial charge in [0.05, 0.1) is 18.4 Å². The van der Waals surface area contributed by atoms with Gasteiger partial charge < -0.3 is 19.5 Å². The van der Waals surface area contributed by atoms with Gasteiger partial charge in [0.2, 0.25) is 5.91 Å². The van der Waals surface area contributed by atoms with Crippen molar-refractivity contribution in [1.82, 2.24) is 0 Å². The van der Waals surface area contributed by atoms with Crippen molar-refractivity contribution in [2.75, 3.05) is 36.5 Å². The van der Waals surface area contributed by atoms with Crippen molar-refractivity contribution in [3.05, 3.63) is 71.8 Å². The van der Waals surface area contributed by atoms with Crippen molar-refractivity contribution < 1.29 is 40.6 Å². The summed E-state index contributed by atoms with van der Waals surface area (Å²) >= 11 is 0. The largest absolute Gasteiger partial charge is 0.495 e. The molecule has 0 bridgehead atoms. The first-order valence-corrected chi connectivity index (χ1v) is 12.5. The van der Waals surface area contributed by atoms with Crippen molar-refractivity contribution >= 4 is 27.3 Å². The molecule has 37 heavy (non-hydrogen) atoms. The van der Waals surface area contributed by atoms with Crippen LogP contribution in [0.1, 0.15) is 11.1 Å². The number of benzene rings is 3. The first-order chi connectivity index (χ1) is 17.5. The van der Waals surface area contributed by atoms with Gasteiger partial charge >= 0.3 is 6.18 Å². The summed E-state index contributed by atoms with van der Waals surface area (Å²) in [5.74, 6) is 0.0824. The Labute approximate surface area is 211 Å². The third kappa shape index (κ3) is 5.74. The molecule has 0 unspecified atom stereocenters. The normalized spacial score (nSPS) is 13.1. The Morgan fingerprint density at radius 1 is 1.03 bits per heavy atom. The molecule has 4 rings (SSSR count). The summed E-state index contributed by atoms with van der Waals surface area (Å²) in [4.78, 5) is 12.7. The summed E-state index contributed by atoms with van der Waals surface area (Å²) < 4.78 is 84.5. The number of alkyl halides is 3. The molecule has 12 heteroatoms. The number of methoxy groups -OCH3 is 1. The van der Waals surface area contributed by atoms with Crippen LogP contribution >= 0.6 is 0 Å². The van der Waals surface area contributed by atoms with Gasteiger partial charge in [-0.15, -0.1) is 0 Å². The third-order valence-corrected chi connectivity index (χ3v) is 7.26. The average molecular weight is 537 g/mol. The predicted molar refractivity (Wildman–Crippen MR) is 130 cm³/mol. The number of fused-ring (bicyclic) bond motifs is 1. The van der Waals surface area contributed by atoms with E-state index >= 15 is 0 Å². The zero-order valence-electron chi connectivity index (χ0n) is 19.8. The molecule has 1 aliphatic rings. The molecule has 1 aliphatic heterocycles. The van der Waals surface area contributed by atoms with Gasteiger partial charge in [-0.3, -0.25) is 9.10 Å².